The summed E-state index contributed by atoms with van der Waals surface area (Å²) in [5.74, 6) is 0.800. The third-order valence-electron chi connectivity index (χ3n) is 2.53. The van der Waals surface area contributed by atoms with Gasteiger partial charge in [0, 0.05) is 18.0 Å². The molecule has 2 rings (SSSR count). The average molecular weight is 212 g/mol. The molecule has 0 atom stereocenters. The minimum absolute atomic E-state index is 0.800. The van der Waals surface area contributed by atoms with Crippen LogP contribution in [0.5, 0.6) is 0 Å². The molecule has 1 aromatic carbocycles. The van der Waals surface area contributed by atoms with E-state index >= 15 is 0 Å². The normalized spacial score (nSPS) is 10.4. The van der Waals surface area contributed by atoms with Gasteiger partial charge in [-0.15, -0.1) is 0 Å². The number of benzene rings is 1. The smallest absolute Gasteiger partial charge is 0.159 e. The Morgan fingerprint density at radius 2 is 1.62 bits per heavy atom. The van der Waals surface area contributed by atoms with Gasteiger partial charge in [0.15, 0.2) is 5.82 Å². The lowest BCUT2D eigenvalue weighted by Crippen LogP contribution is -1.90. The summed E-state index contributed by atoms with van der Waals surface area (Å²) in [7, 11) is 0. The first-order valence-corrected chi connectivity index (χ1v) is 5.67. The molecule has 2 nitrogen and oxygen atoms in total. The fourth-order valence-corrected chi connectivity index (χ4v) is 1.65. The van der Waals surface area contributed by atoms with Gasteiger partial charge in [-0.25, -0.2) is 9.97 Å². The molecule has 0 unspecified atom stereocenters. The third kappa shape index (κ3) is 2.45. The summed E-state index contributed by atoms with van der Waals surface area (Å²) in [6.45, 7) is 4.19. The van der Waals surface area contributed by atoms with E-state index < -0.39 is 0 Å². The van der Waals surface area contributed by atoms with Gasteiger partial charge in [0.05, 0.1) is 0 Å². The van der Waals surface area contributed by atoms with E-state index in [9.17, 15) is 0 Å². The molecule has 16 heavy (non-hydrogen) atoms. The number of rotatable bonds is 3. The summed E-state index contributed by atoms with van der Waals surface area (Å²) >= 11 is 0. The van der Waals surface area contributed by atoms with E-state index in [1.54, 1.807) is 0 Å². The largest absolute Gasteiger partial charge is 0.236 e. The van der Waals surface area contributed by atoms with Crippen LogP contribution >= 0.6 is 0 Å². The van der Waals surface area contributed by atoms with Gasteiger partial charge in [0.25, 0.3) is 0 Å². The molecule has 0 fully saturated rings. The second-order valence-corrected chi connectivity index (χ2v) is 4.03. The Morgan fingerprint density at radius 1 is 1.00 bits per heavy atom. The fourth-order valence-electron chi connectivity index (χ4n) is 1.65. The molecule has 1 heterocycles. The molecule has 0 amide bonds. The highest BCUT2D eigenvalue weighted by molar-refractivity contribution is 5.54. The molecule has 0 N–H and O–H groups in total. The minimum Gasteiger partial charge on any atom is -0.236 e. The predicted molar refractivity (Wildman–Crippen MR) is 66.2 cm³/mol. The zero-order chi connectivity index (χ0) is 11.4. The average Bonchev–Trinajstić information content (AvgIpc) is 2.32. The van der Waals surface area contributed by atoms with Crippen molar-refractivity contribution >= 4 is 0 Å². The van der Waals surface area contributed by atoms with E-state index in [0.717, 1.165) is 23.4 Å². The van der Waals surface area contributed by atoms with Crippen LogP contribution in [0, 0.1) is 6.92 Å². The molecule has 0 saturated carbocycles. The summed E-state index contributed by atoms with van der Waals surface area (Å²) in [4.78, 5) is 8.63. The van der Waals surface area contributed by atoms with Crippen LogP contribution in [0.4, 0.5) is 0 Å². The van der Waals surface area contributed by atoms with Crippen molar-refractivity contribution in [2.75, 3.05) is 0 Å². The van der Waals surface area contributed by atoms with Crippen LogP contribution in [0.3, 0.4) is 0 Å². The van der Waals surface area contributed by atoms with Gasteiger partial charge < -0.3 is 0 Å². The number of hydrogen-bond acceptors (Lipinski definition) is 2. The predicted octanol–water partition coefficient (Wildman–Crippen LogP) is 3.40. The van der Waals surface area contributed by atoms with Crippen molar-refractivity contribution in [2.45, 2.75) is 26.7 Å². The van der Waals surface area contributed by atoms with E-state index in [1.807, 2.05) is 19.3 Å². The van der Waals surface area contributed by atoms with E-state index in [1.165, 1.54) is 12.0 Å². The summed E-state index contributed by atoms with van der Waals surface area (Å²) < 4.78 is 0. The number of aromatic nitrogens is 2. The monoisotopic (exact) mass is 212 g/mol. The molecule has 0 saturated heterocycles. The molecule has 0 aliphatic rings. The van der Waals surface area contributed by atoms with Gasteiger partial charge in [0.2, 0.25) is 0 Å². The molecule has 0 bridgehead atoms. The van der Waals surface area contributed by atoms with Gasteiger partial charge >= 0.3 is 0 Å². The Labute approximate surface area is 96.4 Å². The van der Waals surface area contributed by atoms with Gasteiger partial charge in [0.1, 0.15) is 0 Å². The first-order valence-electron chi connectivity index (χ1n) is 5.67. The first kappa shape index (κ1) is 10.8. The highest BCUT2D eigenvalue weighted by Gasteiger charge is 2.00. The molecule has 0 aliphatic heterocycles. The second kappa shape index (κ2) is 4.88. The summed E-state index contributed by atoms with van der Waals surface area (Å²) in [6.07, 6.45) is 6.01. The molecule has 2 heteroatoms. The van der Waals surface area contributed by atoms with Crippen LogP contribution < -0.4 is 0 Å². The second-order valence-electron chi connectivity index (χ2n) is 4.03. The molecular formula is C14H16N2. The molecule has 1 aromatic heterocycles. The maximum Gasteiger partial charge on any atom is 0.159 e. The van der Waals surface area contributed by atoms with Crippen molar-refractivity contribution in [2.24, 2.45) is 0 Å². The standard InChI is InChI=1S/C14H16N2/c1-3-4-12-5-7-13(8-6-12)14-15-9-11(2)10-16-14/h5-10H,3-4H2,1-2H3. The maximum atomic E-state index is 4.31. The van der Waals surface area contributed by atoms with Gasteiger partial charge in [-0.1, -0.05) is 37.6 Å². The maximum absolute atomic E-state index is 4.31. The Bertz CT molecular complexity index is 443. The molecule has 0 spiro atoms. The highest BCUT2D eigenvalue weighted by atomic mass is 14.9. The van der Waals surface area contributed by atoms with Crippen molar-refractivity contribution in [3.63, 3.8) is 0 Å². The lowest BCUT2D eigenvalue weighted by atomic mass is 10.1. The first-order chi connectivity index (χ1) is 7.79. The van der Waals surface area contributed by atoms with Crippen molar-refractivity contribution in [3.05, 3.63) is 47.8 Å². The summed E-state index contributed by atoms with van der Waals surface area (Å²) in [6, 6.07) is 8.50. The lowest BCUT2D eigenvalue weighted by molar-refractivity contribution is 0.922. The van der Waals surface area contributed by atoms with Gasteiger partial charge in [-0.2, -0.15) is 0 Å². The van der Waals surface area contributed by atoms with Gasteiger partial charge in [-0.05, 0) is 24.5 Å². The molecule has 0 aliphatic carbocycles. The quantitative estimate of drug-likeness (QED) is 0.779. The summed E-state index contributed by atoms with van der Waals surface area (Å²) in [5.41, 5.74) is 3.55. The Morgan fingerprint density at radius 3 is 2.19 bits per heavy atom. The van der Waals surface area contributed by atoms with Crippen LogP contribution in [0.25, 0.3) is 11.4 Å². The summed E-state index contributed by atoms with van der Waals surface area (Å²) in [5, 5.41) is 0. The molecule has 82 valence electrons. The van der Waals surface area contributed by atoms with Crippen LogP contribution in [-0.2, 0) is 6.42 Å². The topological polar surface area (TPSA) is 25.8 Å². The Kier molecular flexibility index (Phi) is 3.30. The SMILES string of the molecule is CCCc1ccc(-c2ncc(C)cn2)cc1. The molecular weight excluding hydrogens is 196 g/mol. The highest BCUT2D eigenvalue weighted by Crippen LogP contribution is 2.15. The van der Waals surface area contributed by atoms with E-state index in [0.29, 0.717) is 0 Å². The zero-order valence-corrected chi connectivity index (χ0v) is 9.77. The zero-order valence-electron chi connectivity index (χ0n) is 9.77. The van der Waals surface area contributed by atoms with Crippen LogP contribution in [0.2, 0.25) is 0 Å². The fraction of sp³-hybridized carbons (Fsp3) is 0.286. The van der Waals surface area contributed by atoms with Crippen molar-refractivity contribution in [1.29, 1.82) is 0 Å². The number of hydrogen-bond donors (Lipinski definition) is 0. The Balaban J connectivity index is 2.24. The van der Waals surface area contributed by atoms with E-state index in [2.05, 4.69) is 41.2 Å². The van der Waals surface area contributed by atoms with E-state index in [-0.39, 0.29) is 0 Å². The van der Waals surface area contributed by atoms with Crippen LogP contribution in [0.15, 0.2) is 36.7 Å². The van der Waals surface area contributed by atoms with Crippen molar-refractivity contribution in [1.82, 2.24) is 9.97 Å². The van der Waals surface area contributed by atoms with Crippen LogP contribution in [-0.4, -0.2) is 9.97 Å². The number of nitrogens with zero attached hydrogens (tertiary/aromatic N) is 2. The molecule has 2 aromatic rings. The third-order valence-corrected chi connectivity index (χ3v) is 2.53. The van der Waals surface area contributed by atoms with Gasteiger partial charge in [-0.3, -0.25) is 0 Å². The lowest BCUT2D eigenvalue weighted by Gasteiger charge is -2.02. The van der Waals surface area contributed by atoms with Crippen LogP contribution in [0.1, 0.15) is 24.5 Å². The van der Waals surface area contributed by atoms with Crippen molar-refractivity contribution in [3.8, 4) is 11.4 Å². The Hall–Kier alpha value is -1.70. The molecule has 0 radical (unpaired) electrons. The van der Waals surface area contributed by atoms with E-state index in [4.69, 9.17) is 0 Å². The minimum atomic E-state index is 0.800. The van der Waals surface area contributed by atoms with Crippen molar-refractivity contribution < 1.29 is 0 Å². The number of aryl methyl sites for hydroxylation is 2.